The normalized spacial score (nSPS) is 11.3. The molecule has 4 N–H and O–H groups in total. The van der Waals surface area contributed by atoms with Crippen molar-refractivity contribution in [3.63, 3.8) is 0 Å². The van der Waals surface area contributed by atoms with E-state index >= 15 is 0 Å². The van der Waals surface area contributed by atoms with Gasteiger partial charge in [0.25, 0.3) is 0 Å². The molecule has 0 spiro atoms. The third-order valence-corrected chi connectivity index (χ3v) is 3.09. The van der Waals surface area contributed by atoms with E-state index in [0.717, 1.165) is 6.07 Å². The summed E-state index contributed by atoms with van der Waals surface area (Å²) in [5, 5.41) is 3.26. The number of anilines is 3. The Bertz CT molecular complexity index is 660. The van der Waals surface area contributed by atoms with Crippen LogP contribution < -0.4 is 16.6 Å². The molecule has 2 rings (SSSR count). The van der Waals surface area contributed by atoms with Gasteiger partial charge in [-0.3, -0.25) is 5.43 Å². The second-order valence-electron chi connectivity index (χ2n) is 4.14. The molecule has 2 aromatic rings. The van der Waals surface area contributed by atoms with Gasteiger partial charge in [-0.15, -0.1) is 0 Å². The predicted molar refractivity (Wildman–Crippen MR) is 74.3 cm³/mol. The van der Waals surface area contributed by atoms with Crippen LogP contribution in [0.25, 0.3) is 0 Å². The summed E-state index contributed by atoms with van der Waals surface area (Å²) in [4.78, 5) is 7.10. The number of rotatable bonds is 3. The Hall–Kier alpha value is -2.06. The van der Waals surface area contributed by atoms with E-state index in [0.29, 0.717) is 16.3 Å². The molecule has 0 saturated carbocycles. The van der Waals surface area contributed by atoms with Crippen LogP contribution in [0.2, 0.25) is 5.02 Å². The molecular formula is C12H11ClF3N5. The zero-order valence-corrected chi connectivity index (χ0v) is 11.5. The predicted octanol–water partition coefficient (Wildman–Crippen LogP) is 3.49. The number of hydrogen-bond donors (Lipinski definition) is 3. The number of nitrogens with two attached hydrogens (primary N) is 1. The van der Waals surface area contributed by atoms with E-state index in [-0.39, 0.29) is 11.8 Å². The lowest BCUT2D eigenvalue weighted by Gasteiger charge is -2.13. The molecule has 0 aliphatic carbocycles. The Morgan fingerprint density at radius 2 is 1.95 bits per heavy atom. The maximum absolute atomic E-state index is 12.8. The molecule has 9 heteroatoms. The van der Waals surface area contributed by atoms with Crippen LogP contribution in [0.3, 0.4) is 0 Å². The summed E-state index contributed by atoms with van der Waals surface area (Å²) in [6.45, 7) is 1.73. The minimum absolute atomic E-state index is 0.0457. The fourth-order valence-electron chi connectivity index (χ4n) is 1.60. The number of benzene rings is 1. The van der Waals surface area contributed by atoms with E-state index < -0.39 is 11.9 Å². The molecule has 1 heterocycles. The van der Waals surface area contributed by atoms with Crippen molar-refractivity contribution in [2.75, 3.05) is 10.7 Å². The van der Waals surface area contributed by atoms with Gasteiger partial charge in [0.1, 0.15) is 5.82 Å². The summed E-state index contributed by atoms with van der Waals surface area (Å²) in [6.07, 6.45) is -4.60. The maximum atomic E-state index is 12.8. The van der Waals surface area contributed by atoms with Crippen molar-refractivity contribution >= 4 is 29.1 Å². The molecule has 0 radical (unpaired) electrons. The first-order chi connectivity index (χ1) is 9.81. The molecule has 0 bridgehead atoms. The fourth-order valence-corrected chi connectivity index (χ4v) is 1.78. The van der Waals surface area contributed by atoms with Crippen LogP contribution in [0.15, 0.2) is 24.3 Å². The first-order valence-electron chi connectivity index (χ1n) is 5.76. The fraction of sp³-hybridized carbons (Fsp3) is 0.167. The molecule has 0 unspecified atom stereocenters. The van der Waals surface area contributed by atoms with E-state index in [2.05, 4.69) is 15.3 Å². The smallest absolute Gasteiger partial charge is 0.340 e. The second-order valence-corrected chi connectivity index (χ2v) is 4.55. The number of aromatic nitrogens is 2. The Morgan fingerprint density at radius 1 is 1.24 bits per heavy atom. The topological polar surface area (TPSA) is 75.9 Å². The highest BCUT2D eigenvalue weighted by atomic mass is 35.5. The van der Waals surface area contributed by atoms with Gasteiger partial charge >= 0.3 is 6.18 Å². The van der Waals surface area contributed by atoms with Crippen molar-refractivity contribution in [2.45, 2.75) is 13.1 Å². The van der Waals surface area contributed by atoms with Crippen LogP contribution in [0.5, 0.6) is 0 Å². The van der Waals surface area contributed by atoms with Crippen LogP contribution in [-0.2, 0) is 6.18 Å². The first-order valence-corrected chi connectivity index (χ1v) is 6.14. The molecule has 5 nitrogen and oxygen atoms in total. The zero-order valence-electron chi connectivity index (χ0n) is 10.8. The van der Waals surface area contributed by atoms with Gasteiger partial charge in [0, 0.05) is 16.8 Å². The van der Waals surface area contributed by atoms with Crippen molar-refractivity contribution in [2.24, 2.45) is 5.84 Å². The van der Waals surface area contributed by atoms with Gasteiger partial charge in [-0.25, -0.2) is 10.8 Å². The number of alkyl halides is 3. The summed E-state index contributed by atoms with van der Waals surface area (Å²) in [5.41, 5.74) is 2.13. The summed E-state index contributed by atoms with van der Waals surface area (Å²) in [6, 6.07) is 5.81. The Balaban J connectivity index is 2.42. The summed E-state index contributed by atoms with van der Waals surface area (Å²) < 4.78 is 38.3. The van der Waals surface area contributed by atoms with Crippen LogP contribution in [0, 0.1) is 6.92 Å². The monoisotopic (exact) mass is 317 g/mol. The largest absolute Gasteiger partial charge is 0.433 e. The molecule has 0 saturated heterocycles. The highest BCUT2D eigenvalue weighted by molar-refractivity contribution is 6.31. The SMILES string of the molecule is Cc1c(Cl)cccc1Nc1cc(C(F)(F)F)nc(NN)n1. The molecule has 21 heavy (non-hydrogen) atoms. The molecule has 0 aliphatic heterocycles. The molecule has 0 fully saturated rings. The van der Waals surface area contributed by atoms with Gasteiger partial charge in [-0.2, -0.15) is 18.2 Å². The maximum Gasteiger partial charge on any atom is 0.433 e. The first kappa shape index (κ1) is 15.3. The number of halogens is 4. The lowest BCUT2D eigenvalue weighted by molar-refractivity contribution is -0.141. The van der Waals surface area contributed by atoms with E-state index in [1.54, 1.807) is 25.1 Å². The van der Waals surface area contributed by atoms with Crippen molar-refractivity contribution < 1.29 is 13.2 Å². The van der Waals surface area contributed by atoms with Gasteiger partial charge in [-0.1, -0.05) is 17.7 Å². The van der Waals surface area contributed by atoms with Gasteiger partial charge in [0.05, 0.1) is 0 Å². The third kappa shape index (κ3) is 3.53. The van der Waals surface area contributed by atoms with Crippen molar-refractivity contribution in [3.8, 4) is 0 Å². The van der Waals surface area contributed by atoms with Gasteiger partial charge in [0.2, 0.25) is 5.95 Å². The number of nitrogens with one attached hydrogen (secondary N) is 2. The van der Waals surface area contributed by atoms with Crippen LogP contribution in [0.4, 0.5) is 30.6 Å². The summed E-state index contributed by atoms with van der Waals surface area (Å²) >= 11 is 5.96. The standard InChI is InChI=1S/C12H11ClF3N5/c1-6-7(13)3-2-4-8(6)18-10-5-9(12(14,15)16)19-11(20-10)21-17/h2-5H,17H2,1H3,(H2,18,19,20,21). The zero-order chi connectivity index (χ0) is 15.6. The Labute approximate surface area is 123 Å². The number of hydrazine groups is 1. The minimum Gasteiger partial charge on any atom is -0.340 e. The van der Waals surface area contributed by atoms with E-state index in [1.165, 1.54) is 0 Å². The van der Waals surface area contributed by atoms with Crippen molar-refractivity contribution in [3.05, 3.63) is 40.5 Å². The summed E-state index contributed by atoms with van der Waals surface area (Å²) in [5.74, 6) is 4.70. The van der Waals surface area contributed by atoms with E-state index in [4.69, 9.17) is 17.4 Å². The second kappa shape index (κ2) is 5.74. The highest BCUT2D eigenvalue weighted by Crippen LogP contribution is 2.31. The van der Waals surface area contributed by atoms with Crippen molar-refractivity contribution in [1.29, 1.82) is 0 Å². The lowest BCUT2D eigenvalue weighted by Crippen LogP contribution is -2.16. The van der Waals surface area contributed by atoms with Gasteiger partial charge in [-0.05, 0) is 24.6 Å². The number of hydrogen-bond acceptors (Lipinski definition) is 5. The molecule has 0 atom stereocenters. The highest BCUT2D eigenvalue weighted by Gasteiger charge is 2.33. The van der Waals surface area contributed by atoms with Gasteiger partial charge in [0.15, 0.2) is 5.69 Å². The average Bonchev–Trinajstić information content (AvgIpc) is 2.42. The quantitative estimate of drug-likeness (QED) is 0.597. The van der Waals surface area contributed by atoms with E-state index in [1.807, 2.05) is 5.43 Å². The third-order valence-electron chi connectivity index (χ3n) is 2.68. The number of nitrogen functional groups attached to an aromatic ring is 1. The van der Waals surface area contributed by atoms with Crippen LogP contribution >= 0.6 is 11.6 Å². The molecular weight excluding hydrogens is 307 g/mol. The van der Waals surface area contributed by atoms with Crippen molar-refractivity contribution in [1.82, 2.24) is 9.97 Å². The van der Waals surface area contributed by atoms with Crippen LogP contribution in [-0.4, -0.2) is 9.97 Å². The minimum atomic E-state index is -4.60. The molecule has 112 valence electrons. The van der Waals surface area contributed by atoms with Gasteiger partial charge < -0.3 is 5.32 Å². The Morgan fingerprint density at radius 3 is 2.57 bits per heavy atom. The average molecular weight is 318 g/mol. The Kier molecular flexibility index (Phi) is 4.19. The molecule has 1 aromatic heterocycles. The molecule has 0 amide bonds. The lowest BCUT2D eigenvalue weighted by atomic mass is 10.2. The number of nitrogens with zero attached hydrogens (tertiary/aromatic N) is 2. The molecule has 1 aromatic carbocycles. The summed E-state index contributed by atoms with van der Waals surface area (Å²) in [7, 11) is 0. The van der Waals surface area contributed by atoms with E-state index in [9.17, 15) is 13.2 Å². The molecule has 0 aliphatic rings. The van der Waals surface area contributed by atoms with Crippen LogP contribution in [0.1, 0.15) is 11.3 Å².